The van der Waals surface area contributed by atoms with Gasteiger partial charge >= 0.3 is 15.6 Å². The molecule has 0 amide bonds. The maximum absolute atomic E-state index is 12.7. The van der Waals surface area contributed by atoms with Crippen LogP contribution in [-0.2, 0) is 13.7 Å². The van der Waals surface area contributed by atoms with E-state index in [-0.39, 0.29) is 33.6 Å². The summed E-state index contributed by atoms with van der Waals surface area (Å²) in [5, 5.41) is 9.92. The molecule has 1 aromatic carbocycles. The van der Waals surface area contributed by atoms with Crippen molar-refractivity contribution >= 4 is 20.4 Å². The molecule has 0 aromatic heterocycles. The molecule has 24 heavy (non-hydrogen) atoms. The number of methoxy groups -OCH3 is 2. The molecule has 0 atom stereocenters. The number of hydrogen-bond acceptors (Lipinski definition) is 6. The Morgan fingerprint density at radius 3 is 1.92 bits per heavy atom. The molecule has 1 aliphatic heterocycles. The van der Waals surface area contributed by atoms with Gasteiger partial charge in [-0.1, -0.05) is 10.3 Å². The lowest BCUT2D eigenvalue weighted by Crippen LogP contribution is -2.27. The van der Waals surface area contributed by atoms with Gasteiger partial charge in [0.15, 0.2) is 11.5 Å². The second kappa shape index (κ2) is 6.52. The minimum atomic E-state index is -5.74. The summed E-state index contributed by atoms with van der Waals surface area (Å²) in [7, 11) is -5.95. The van der Waals surface area contributed by atoms with Gasteiger partial charge in [0.2, 0.25) is 5.75 Å². The quantitative estimate of drug-likeness (QED) is 0.778. The molecule has 1 fully saturated rings. The Morgan fingerprint density at radius 1 is 1.08 bits per heavy atom. The van der Waals surface area contributed by atoms with E-state index in [1.807, 2.05) is 0 Å². The lowest BCUT2D eigenvalue weighted by Gasteiger charge is -2.35. The largest absolute Gasteiger partial charge is 0.523 e. The zero-order chi connectivity index (χ0) is 18.2. The first-order chi connectivity index (χ1) is 11.1. The fourth-order valence-electron chi connectivity index (χ4n) is 2.41. The third kappa shape index (κ3) is 3.38. The summed E-state index contributed by atoms with van der Waals surface area (Å²) >= 11 is 0. The molecule has 138 valence electrons. The fourth-order valence-corrected chi connectivity index (χ4v) is 7.61. The van der Waals surface area contributed by atoms with Crippen LogP contribution in [-0.4, -0.2) is 44.8 Å². The van der Waals surface area contributed by atoms with Crippen LogP contribution < -0.4 is 9.47 Å². The van der Waals surface area contributed by atoms with E-state index >= 15 is 0 Å². The van der Waals surface area contributed by atoms with E-state index in [0.717, 1.165) is 0 Å². The predicted octanol–water partition coefficient (Wildman–Crippen LogP) is 3.15. The highest BCUT2D eigenvalue weighted by Gasteiger charge is 2.52. The van der Waals surface area contributed by atoms with Crippen molar-refractivity contribution in [3.8, 4) is 17.2 Å². The molecule has 1 heterocycles. The maximum Gasteiger partial charge on any atom is 0.523 e. The molecule has 2 rings (SSSR count). The maximum atomic E-state index is 12.7. The lowest BCUT2D eigenvalue weighted by atomic mass is 10.3. The summed E-state index contributed by atoms with van der Waals surface area (Å²) in [6, 6.07) is 2.59. The van der Waals surface area contributed by atoms with Crippen LogP contribution >= 0.6 is 10.3 Å². The summed E-state index contributed by atoms with van der Waals surface area (Å²) in [6.07, 6.45) is 1.07. The van der Waals surface area contributed by atoms with Gasteiger partial charge in [-0.15, -0.1) is 0 Å². The van der Waals surface area contributed by atoms with Crippen molar-refractivity contribution in [2.75, 3.05) is 25.7 Å². The minimum Gasteiger partial charge on any atom is -0.502 e. The van der Waals surface area contributed by atoms with Gasteiger partial charge in [0.1, 0.15) is 0 Å². The highest BCUT2D eigenvalue weighted by Crippen LogP contribution is 2.65. The van der Waals surface area contributed by atoms with Crippen LogP contribution in [0, 0.1) is 0 Å². The smallest absolute Gasteiger partial charge is 0.502 e. The van der Waals surface area contributed by atoms with Crippen molar-refractivity contribution in [2.45, 2.75) is 23.2 Å². The topological polar surface area (TPSA) is 82.1 Å². The lowest BCUT2D eigenvalue weighted by molar-refractivity contribution is -0.0496. The van der Waals surface area contributed by atoms with Gasteiger partial charge in [0.25, 0.3) is 0 Å². The Balaban J connectivity index is 2.56. The Kier molecular flexibility index (Phi) is 5.17. The van der Waals surface area contributed by atoms with Crippen LogP contribution in [0.25, 0.3) is 0 Å². The fraction of sp³-hybridized carbons (Fsp3) is 0.538. The Labute approximate surface area is 139 Å². The minimum absolute atomic E-state index is 0.0314. The van der Waals surface area contributed by atoms with Gasteiger partial charge in [-0.2, -0.15) is 21.6 Å². The normalized spacial score (nSPS) is 19.0. The summed E-state index contributed by atoms with van der Waals surface area (Å²) in [6.45, 7) is 0. The van der Waals surface area contributed by atoms with E-state index in [4.69, 9.17) is 13.1 Å². The molecular weight excluding hydrogens is 373 g/mol. The van der Waals surface area contributed by atoms with Gasteiger partial charge in [-0.3, -0.25) is 0 Å². The molecule has 6 nitrogen and oxygen atoms in total. The highest BCUT2D eigenvalue weighted by molar-refractivity contribution is 8.33. The average molecular weight is 390 g/mol. The first-order valence-electron chi connectivity index (χ1n) is 6.82. The van der Waals surface area contributed by atoms with Crippen molar-refractivity contribution in [3.05, 3.63) is 12.1 Å². The number of phenols is 1. The summed E-state index contributed by atoms with van der Waals surface area (Å²) < 4.78 is 76.0. The van der Waals surface area contributed by atoms with E-state index in [1.165, 1.54) is 26.4 Å². The Hall–Kier alpha value is -1.33. The van der Waals surface area contributed by atoms with E-state index < -0.39 is 25.9 Å². The Bertz CT molecular complexity index is 686. The third-order valence-corrected chi connectivity index (χ3v) is 8.90. The highest BCUT2D eigenvalue weighted by atomic mass is 32.3. The Morgan fingerprint density at radius 2 is 1.54 bits per heavy atom. The molecule has 1 aliphatic rings. The van der Waals surface area contributed by atoms with Crippen LogP contribution in [0.3, 0.4) is 0 Å². The number of halogens is 3. The van der Waals surface area contributed by atoms with Crippen LogP contribution in [0.1, 0.15) is 12.8 Å². The predicted molar refractivity (Wildman–Crippen MR) is 82.1 cm³/mol. The van der Waals surface area contributed by atoms with E-state index in [0.29, 0.717) is 12.8 Å². The molecule has 0 radical (unpaired) electrons. The van der Waals surface area contributed by atoms with Crippen LogP contribution in [0.4, 0.5) is 13.2 Å². The monoisotopic (exact) mass is 390 g/mol. The van der Waals surface area contributed by atoms with Gasteiger partial charge in [0, 0.05) is 16.4 Å². The number of phenolic OH excluding ortho intramolecular Hbond substituents is 1. The summed E-state index contributed by atoms with van der Waals surface area (Å²) in [5.41, 5.74) is -5.50. The van der Waals surface area contributed by atoms with Crippen molar-refractivity contribution < 1.29 is 39.8 Å². The first kappa shape index (κ1) is 19.0. The van der Waals surface area contributed by atoms with Gasteiger partial charge in [-0.25, -0.2) is 3.63 Å². The third-order valence-electron chi connectivity index (χ3n) is 3.58. The van der Waals surface area contributed by atoms with Crippen molar-refractivity contribution in [3.63, 3.8) is 0 Å². The second-order valence-corrected chi connectivity index (χ2v) is 9.90. The van der Waals surface area contributed by atoms with E-state index in [9.17, 15) is 26.7 Å². The molecule has 0 saturated carbocycles. The summed E-state index contributed by atoms with van der Waals surface area (Å²) in [4.78, 5) is 0.222. The van der Waals surface area contributed by atoms with E-state index in [1.54, 1.807) is 0 Å². The molecule has 0 unspecified atom stereocenters. The molecule has 0 spiro atoms. The van der Waals surface area contributed by atoms with Crippen LogP contribution in [0.5, 0.6) is 17.2 Å². The number of benzene rings is 1. The van der Waals surface area contributed by atoms with Gasteiger partial charge in [-0.05, 0) is 25.0 Å². The first-order valence-corrected chi connectivity index (χ1v) is 10.1. The number of alkyl halides is 3. The van der Waals surface area contributed by atoms with Crippen molar-refractivity contribution in [2.24, 2.45) is 0 Å². The summed E-state index contributed by atoms with van der Waals surface area (Å²) in [5.74, 6) is -0.0547. The molecular formula is C13H17F3O6S2. The zero-order valence-corrected chi connectivity index (χ0v) is 14.6. The molecule has 0 bridgehead atoms. The van der Waals surface area contributed by atoms with Crippen LogP contribution in [0.15, 0.2) is 17.0 Å². The standard InChI is InChI=1S/C13H17F3O6S2/c1-20-10-7-9(8-11(21-2)12(10)17)23(5-3-4-6-23)22-24(18,19)13(14,15)16/h7-8,17H,3-6H2,1-2H3. The van der Waals surface area contributed by atoms with Crippen molar-refractivity contribution in [1.29, 1.82) is 0 Å². The number of aromatic hydroxyl groups is 1. The average Bonchev–Trinajstić information content (AvgIpc) is 2.95. The molecule has 1 N–H and O–H groups in total. The second-order valence-electron chi connectivity index (χ2n) is 5.07. The number of rotatable bonds is 5. The van der Waals surface area contributed by atoms with Gasteiger partial charge in [0.05, 0.1) is 14.2 Å². The zero-order valence-electron chi connectivity index (χ0n) is 12.9. The number of ether oxygens (including phenoxy) is 2. The molecule has 1 saturated heterocycles. The van der Waals surface area contributed by atoms with Crippen molar-refractivity contribution in [1.82, 2.24) is 0 Å². The van der Waals surface area contributed by atoms with E-state index in [2.05, 4.69) is 0 Å². The molecule has 0 aliphatic carbocycles. The van der Waals surface area contributed by atoms with Crippen LogP contribution in [0.2, 0.25) is 0 Å². The number of hydrogen-bond donors (Lipinski definition) is 1. The van der Waals surface area contributed by atoms with Gasteiger partial charge < -0.3 is 14.6 Å². The molecule has 11 heteroatoms. The SMILES string of the molecule is COc1cc(S2(OS(=O)(=O)C(F)(F)F)CCCC2)cc(OC)c1O. The molecule has 1 aromatic rings.